The molecule has 7 heteroatoms. The third-order valence-electron chi connectivity index (χ3n) is 4.02. The van der Waals surface area contributed by atoms with Crippen molar-refractivity contribution in [1.82, 2.24) is 20.4 Å². The monoisotopic (exact) mass is 356 g/mol. The van der Waals surface area contributed by atoms with Gasteiger partial charge in [0.15, 0.2) is 0 Å². The summed E-state index contributed by atoms with van der Waals surface area (Å²) in [7, 11) is 0. The average molecular weight is 356 g/mol. The molecule has 2 rings (SSSR count). The van der Waals surface area contributed by atoms with Gasteiger partial charge in [0.25, 0.3) is 11.7 Å². The Bertz CT molecular complexity index is 812. The Kier molecular flexibility index (Phi) is 6.27. The summed E-state index contributed by atoms with van der Waals surface area (Å²) in [5, 5.41) is 9.51. The average Bonchev–Trinajstić information content (AvgIpc) is 2.93. The molecule has 1 atom stereocenters. The zero-order valence-electron chi connectivity index (χ0n) is 15.5. The predicted octanol–water partition coefficient (Wildman–Crippen LogP) is 1.70. The molecule has 1 aromatic heterocycles. The highest BCUT2D eigenvalue weighted by Gasteiger charge is 2.27. The van der Waals surface area contributed by atoms with Gasteiger partial charge in [-0.1, -0.05) is 25.1 Å². The van der Waals surface area contributed by atoms with Crippen molar-refractivity contribution in [2.24, 2.45) is 0 Å². The van der Waals surface area contributed by atoms with Gasteiger partial charge in [0.2, 0.25) is 5.91 Å². The van der Waals surface area contributed by atoms with Crippen LogP contribution in [0.5, 0.6) is 0 Å². The number of rotatable bonds is 7. The van der Waals surface area contributed by atoms with Crippen LogP contribution in [0.2, 0.25) is 0 Å². The maximum absolute atomic E-state index is 12.6. The molecule has 0 bridgehead atoms. The number of benzene rings is 1. The van der Waals surface area contributed by atoms with E-state index in [1.165, 1.54) is 0 Å². The van der Waals surface area contributed by atoms with Crippen LogP contribution in [0.3, 0.4) is 0 Å². The van der Waals surface area contributed by atoms with Gasteiger partial charge < -0.3 is 10.6 Å². The standard InChI is InChI=1S/C19H24N4O3/c1-5-11-20-18(25)13(3)21-19(26)17(24)16-12(2)22-23(14(16)4)15-9-7-6-8-10-15/h6-10,13H,5,11H2,1-4H3,(H,20,25)(H,21,26). The number of Topliss-reactive ketones (excluding diaryl/α,β-unsaturated/α-hetero) is 1. The smallest absolute Gasteiger partial charge is 0.293 e. The summed E-state index contributed by atoms with van der Waals surface area (Å²) in [5.74, 6) is -1.83. The van der Waals surface area contributed by atoms with Gasteiger partial charge in [0.1, 0.15) is 6.04 Å². The number of hydrogen-bond donors (Lipinski definition) is 2. The van der Waals surface area contributed by atoms with Crippen LogP contribution in [-0.2, 0) is 9.59 Å². The quantitative estimate of drug-likeness (QED) is 0.583. The van der Waals surface area contributed by atoms with Crippen LogP contribution in [-0.4, -0.2) is 40.0 Å². The molecule has 7 nitrogen and oxygen atoms in total. The summed E-state index contributed by atoms with van der Waals surface area (Å²) in [6, 6.07) is 8.58. The second-order valence-electron chi connectivity index (χ2n) is 6.11. The third-order valence-corrected chi connectivity index (χ3v) is 4.02. The molecule has 0 fully saturated rings. The number of carbonyl (C=O) groups excluding carboxylic acids is 3. The van der Waals surface area contributed by atoms with E-state index in [1.807, 2.05) is 37.3 Å². The second-order valence-corrected chi connectivity index (χ2v) is 6.11. The van der Waals surface area contributed by atoms with Crippen LogP contribution in [0.1, 0.15) is 42.0 Å². The van der Waals surface area contributed by atoms with Gasteiger partial charge in [-0.25, -0.2) is 4.68 Å². The fraction of sp³-hybridized carbons (Fsp3) is 0.368. The third kappa shape index (κ3) is 4.17. The first-order chi connectivity index (χ1) is 12.4. The molecular weight excluding hydrogens is 332 g/mol. The van der Waals surface area contributed by atoms with Crippen LogP contribution in [0.15, 0.2) is 30.3 Å². The largest absolute Gasteiger partial charge is 0.354 e. The number of carbonyl (C=O) groups is 3. The molecule has 2 aromatic rings. The molecule has 0 radical (unpaired) electrons. The van der Waals surface area contributed by atoms with Crippen molar-refractivity contribution in [1.29, 1.82) is 0 Å². The van der Waals surface area contributed by atoms with Gasteiger partial charge in [-0.2, -0.15) is 5.10 Å². The van der Waals surface area contributed by atoms with Crippen LogP contribution in [0.4, 0.5) is 0 Å². The lowest BCUT2D eigenvalue weighted by Crippen LogP contribution is -2.47. The number of nitrogens with zero attached hydrogens (tertiary/aromatic N) is 2. The minimum atomic E-state index is -0.817. The Hall–Kier alpha value is -2.96. The molecule has 0 aliphatic carbocycles. The van der Waals surface area contributed by atoms with Crippen molar-refractivity contribution >= 4 is 17.6 Å². The highest BCUT2D eigenvalue weighted by atomic mass is 16.2. The van der Waals surface area contributed by atoms with E-state index in [4.69, 9.17) is 0 Å². The minimum absolute atomic E-state index is 0.257. The summed E-state index contributed by atoms with van der Waals surface area (Å²) in [5.41, 5.74) is 2.11. The zero-order chi connectivity index (χ0) is 19.3. The van der Waals surface area contributed by atoms with E-state index in [9.17, 15) is 14.4 Å². The van der Waals surface area contributed by atoms with E-state index in [0.717, 1.165) is 12.1 Å². The first-order valence-electron chi connectivity index (χ1n) is 8.61. The molecule has 0 spiro atoms. The topological polar surface area (TPSA) is 93.1 Å². The number of hydrogen-bond acceptors (Lipinski definition) is 4. The van der Waals surface area contributed by atoms with Crippen molar-refractivity contribution in [3.05, 3.63) is 47.3 Å². The van der Waals surface area contributed by atoms with Gasteiger partial charge >= 0.3 is 0 Å². The molecule has 1 aromatic carbocycles. The number of aromatic nitrogens is 2. The molecule has 2 N–H and O–H groups in total. The first kappa shape index (κ1) is 19.4. The zero-order valence-corrected chi connectivity index (χ0v) is 15.5. The van der Waals surface area contributed by atoms with Crippen LogP contribution < -0.4 is 10.6 Å². The fourth-order valence-electron chi connectivity index (χ4n) is 2.63. The Labute approximate surface area is 152 Å². The molecule has 0 saturated heterocycles. The van der Waals surface area contributed by atoms with Crippen molar-refractivity contribution < 1.29 is 14.4 Å². The lowest BCUT2D eigenvalue weighted by molar-refractivity contribution is -0.126. The summed E-state index contributed by atoms with van der Waals surface area (Å²) in [4.78, 5) is 36.8. The molecule has 138 valence electrons. The fourth-order valence-corrected chi connectivity index (χ4v) is 2.63. The van der Waals surface area contributed by atoms with Gasteiger partial charge in [-0.15, -0.1) is 0 Å². The van der Waals surface area contributed by atoms with E-state index in [1.54, 1.807) is 25.5 Å². The van der Waals surface area contributed by atoms with E-state index in [0.29, 0.717) is 17.9 Å². The Morgan fingerprint density at radius 2 is 1.81 bits per heavy atom. The highest BCUT2D eigenvalue weighted by molar-refractivity contribution is 6.43. The summed E-state index contributed by atoms with van der Waals surface area (Å²) in [6.45, 7) is 7.43. The maximum Gasteiger partial charge on any atom is 0.293 e. The normalized spacial score (nSPS) is 11.7. The van der Waals surface area contributed by atoms with Crippen molar-refractivity contribution in [2.45, 2.75) is 40.2 Å². The van der Waals surface area contributed by atoms with E-state index >= 15 is 0 Å². The maximum atomic E-state index is 12.6. The summed E-state index contributed by atoms with van der Waals surface area (Å²) < 4.78 is 1.63. The Balaban J connectivity index is 2.18. The Morgan fingerprint density at radius 1 is 1.15 bits per heavy atom. The van der Waals surface area contributed by atoms with Gasteiger partial charge in [-0.05, 0) is 39.3 Å². The number of para-hydroxylation sites is 1. The number of aryl methyl sites for hydroxylation is 1. The molecule has 1 heterocycles. The van der Waals surface area contributed by atoms with E-state index in [-0.39, 0.29) is 11.5 Å². The van der Waals surface area contributed by atoms with Crippen molar-refractivity contribution in [2.75, 3.05) is 6.54 Å². The second kappa shape index (κ2) is 8.42. The van der Waals surface area contributed by atoms with Gasteiger partial charge in [-0.3, -0.25) is 14.4 Å². The lowest BCUT2D eigenvalue weighted by Gasteiger charge is -2.13. The molecular formula is C19H24N4O3. The van der Waals surface area contributed by atoms with E-state index in [2.05, 4.69) is 15.7 Å². The molecule has 0 aliphatic heterocycles. The van der Waals surface area contributed by atoms with E-state index < -0.39 is 17.7 Å². The summed E-state index contributed by atoms with van der Waals surface area (Å²) in [6.07, 6.45) is 0.794. The predicted molar refractivity (Wildman–Crippen MR) is 98.3 cm³/mol. The van der Waals surface area contributed by atoms with Crippen LogP contribution in [0.25, 0.3) is 5.69 Å². The van der Waals surface area contributed by atoms with Gasteiger partial charge in [0, 0.05) is 6.54 Å². The summed E-state index contributed by atoms with van der Waals surface area (Å²) >= 11 is 0. The van der Waals surface area contributed by atoms with Crippen LogP contribution in [0, 0.1) is 13.8 Å². The minimum Gasteiger partial charge on any atom is -0.354 e. The highest BCUT2D eigenvalue weighted by Crippen LogP contribution is 2.18. The van der Waals surface area contributed by atoms with Crippen molar-refractivity contribution in [3.63, 3.8) is 0 Å². The Morgan fingerprint density at radius 3 is 2.42 bits per heavy atom. The van der Waals surface area contributed by atoms with Crippen LogP contribution >= 0.6 is 0 Å². The van der Waals surface area contributed by atoms with Gasteiger partial charge in [0.05, 0.1) is 22.6 Å². The van der Waals surface area contributed by atoms with Crippen molar-refractivity contribution in [3.8, 4) is 5.69 Å². The first-order valence-corrected chi connectivity index (χ1v) is 8.61. The lowest BCUT2D eigenvalue weighted by atomic mass is 10.1. The number of nitrogens with one attached hydrogen (secondary N) is 2. The number of amides is 2. The molecule has 1 unspecified atom stereocenters. The SMILES string of the molecule is CCCNC(=O)C(C)NC(=O)C(=O)c1c(C)nn(-c2ccccc2)c1C. The number of ketones is 1. The molecule has 26 heavy (non-hydrogen) atoms. The molecule has 0 aliphatic rings. The molecule has 2 amide bonds. The molecule has 0 saturated carbocycles.